The van der Waals surface area contributed by atoms with E-state index in [2.05, 4.69) is 32.0 Å². The number of hydrogen-bond donors (Lipinski definition) is 2. The second-order valence-corrected chi connectivity index (χ2v) is 8.97. The SMILES string of the molecule is CSCCCNC(=NCc1nnc(C)n1C)NC1CCN(Cc2ccc(F)cc2)CC1. The average molecular weight is 448 g/mol. The second kappa shape index (κ2) is 12.0. The number of thioether (sulfide) groups is 1. The summed E-state index contributed by atoms with van der Waals surface area (Å²) in [7, 11) is 1.97. The Hall–Kier alpha value is -2.13. The van der Waals surface area contributed by atoms with E-state index in [9.17, 15) is 4.39 Å². The highest BCUT2D eigenvalue weighted by Crippen LogP contribution is 2.14. The summed E-state index contributed by atoms with van der Waals surface area (Å²) in [4.78, 5) is 7.20. The topological polar surface area (TPSA) is 70.4 Å². The average Bonchev–Trinajstić information content (AvgIpc) is 3.10. The van der Waals surface area contributed by atoms with Crippen LogP contribution in [0.2, 0.25) is 0 Å². The first-order valence-corrected chi connectivity index (χ1v) is 12.3. The zero-order valence-electron chi connectivity index (χ0n) is 18.8. The Bertz CT molecular complexity index is 829. The molecule has 2 aromatic rings. The van der Waals surface area contributed by atoms with Crippen molar-refractivity contribution in [2.75, 3.05) is 31.6 Å². The normalized spacial score (nSPS) is 15.9. The van der Waals surface area contributed by atoms with Gasteiger partial charge in [0.25, 0.3) is 0 Å². The number of aryl methyl sites for hydroxylation is 1. The minimum Gasteiger partial charge on any atom is -0.356 e. The smallest absolute Gasteiger partial charge is 0.191 e. The molecule has 2 heterocycles. The molecule has 0 aliphatic carbocycles. The molecule has 1 aliphatic heterocycles. The summed E-state index contributed by atoms with van der Waals surface area (Å²) in [6.45, 7) is 6.23. The third kappa shape index (κ3) is 7.50. The monoisotopic (exact) mass is 447 g/mol. The summed E-state index contributed by atoms with van der Waals surface area (Å²) in [6, 6.07) is 7.20. The van der Waals surface area contributed by atoms with Crippen molar-refractivity contribution in [2.45, 2.75) is 45.3 Å². The number of nitrogens with zero attached hydrogens (tertiary/aromatic N) is 5. The van der Waals surface area contributed by atoms with E-state index in [1.54, 1.807) is 0 Å². The van der Waals surface area contributed by atoms with Gasteiger partial charge in [-0.1, -0.05) is 12.1 Å². The minimum atomic E-state index is -0.181. The van der Waals surface area contributed by atoms with Crippen molar-refractivity contribution in [3.8, 4) is 0 Å². The molecular weight excluding hydrogens is 413 g/mol. The second-order valence-electron chi connectivity index (χ2n) is 7.98. The summed E-state index contributed by atoms with van der Waals surface area (Å²) in [5, 5.41) is 15.4. The van der Waals surface area contributed by atoms with Crippen LogP contribution in [0.3, 0.4) is 0 Å². The molecule has 2 N–H and O–H groups in total. The fourth-order valence-electron chi connectivity index (χ4n) is 3.59. The Morgan fingerprint density at radius 1 is 1.23 bits per heavy atom. The van der Waals surface area contributed by atoms with Gasteiger partial charge in [-0.3, -0.25) is 4.90 Å². The highest BCUT2D eigenvalue weighted by molar-refractivity contribution is 7.98. The van der Waals surface area contributed by atoms with Crippen molar-refractivity contribution >= 4 is 17.7 Å². The number of halogens is 1. The van der Waals surface area contributed by atoms with Gasteiger partial charge in [0.15, 0.2) is 11.8 Å². The van der Waals surface area contributed by atoms with Crippen LogP contribution in [0.15, 0.2) is 29.3 Å². The van der Waals surface area contributed by atoms with Crippen LogP contribution >= 0.6 is 11.8 Å². The zero-order valence-corrected chi connectivity index (χ0v) is 19.6. The van der Waals surface area contributed by atoms with Crippen LogP contribution < -0.4 is 10.6 Å². The Morgan fingerprint density at radius 2 is 1.97 bits per heavy atom. The van der Waals surface area contributed by atoms with Gasteiger partial charge in [0.1, 0.15) is 18.2 Å². The van der Waals surface area contributed by atoms with Crippen molar-refractivity contribution in [2.24, 2.45) is 12.0 Å². The summed E-state index contributed by atoms with van der Waals surface area (Å²) in [6.07, 6.45) is 5.33. The van der Waals surface area contributed by atoms with Gasteiger partial charge in [0.2, 0.25) is 0 Å². The maximum absolute atomic E-state index is 13.1. The maximum Gasteiger partial charge on any atom is 0.191 e. The number of piperidine rings is 1. The Kier molecular flexibility index (Phi) is 9.14. The van der Waals surface area contributed by atoms with Gasteiger partial charge in [0.05, 0.1) is 0 Å². The largest absolute Gasteiger partial charge is 0.356 e. The van der Waals surface area contributed by atoms with E-state index < -0.39 is 0 Å². The molecule has 1 fully saturated rings. The fourth-order valence-corrected chi connectivity index (χ4v) is 4.02. The number of hydrogen-bond acceptors (Lipinski definition) is 5. The molecule has 31 heavy (non-hydrogen) atoms. The first-order chi connectivity index (χ1) is 15.0. The number of nitrogens with one attached hydrogen (secondary N) is 2. The van der Waals surface area contributed by atoms with E-state index in [1.165, 1.54) is 12.1 Å². The van der Waals surface area contributed by atoms with Crippen LogP contribution in [0.25, 0.3) is 0 Å². The molecule has 0 saturated carbocycles. The molecule has 9 heteroatoms. The quantitative estimate of drug-likeness (QED) is 0.350. The molecule has 0 spiro atoms. The van der Waals surface area contributed by atoms with E-state index in [-0.39, 0.29) is 5.82 Å². The van der Waals surface area contributed by atoms with Crippen LogP contribution in [0.4, 0.5) is 4.39 Å². The molecule has 0 radical (unpaired) electrons. The third-order valence-electron chi connectivity index (χ3n) is 5.63. The van der Waals surface area contributed by atoms with Gasteiger partial charge >= 0.3 is 0 Å². The predicted octanol–water partition coefficient (Wildman–Crippen LogP) is 2.72. The first-order valence-electron chi connectivity index (χ1n) is 10.9. The van der Waals surface area contributed by atoms with Crippen LogP contribution in [0, 0.1) is 12.7 Å². The standard InChI is InChI=1S/C22H34FN7S/c1-17-27-28-21(29(17)2)15-25-22(24-11-4-14-31-3)26-20-9-12-30(13-10-20)16-18-5-7-19(23)8-6-18/h5-8,20H,4,9-16H2,1-3H3,(H2,24,25,26). The summed E-state index contributed by atoms with van der Waals surface area (Å²) >= 11 is 1.86. The molecule has 0 atom stereocenters. The van der Waals surface area contributed by atoms with Crippen LogP contribution in [-0.4, -0.2) is 63.3 Å². The molecule has 1 saturated heterocycles. The third-order valence-corrected chi connectivity index (χ3v) is 6.32. The zero-order chi connectivity index (χ0) is 22.1. The van der Waals surface area contributed by atoms with Gasteiger partial charge in [-0.25, -0.2) is 9.38 Å². The highest BCUT2D eigenvalue weighted by Gasteiger charge is 2.20. The fraction of sp³-hybridized carbons (Fsp3) is 0.591. The Labute approximate surface area is 188 Å². The van der Waals surface area contributed by atoms with Crippen LogP contribution in [0.5, 0.6) is 0 Å². The van der Waals surface area contributed by atoms with E-state index in [0.29, 0.717) is 12.6 Å². The van der Waals surface area contributed by atoms with Crippen molar-refractivity contribution in [3.63, 3.8) is 0 Å². The Balaban J connectivity index is 1.51. The van der Waals surface area contributed by atoms with Crippen molar-refractivity contribution in [1.29, 1.82) is 0 Å². The van der Waals surface area contributed by atoms with E-state index in [4.69, 9.17) is 4.99 Å². The van der Waals surface area contributed by atoms with Gasteiger partial charge in [0, 0.05) is 39.3 Å². The van der Waals surface area contributed by atoms with Gasteiger partial charge in [-0.05, 0) is 55.9 Å². The van der Waals surface area contributed by atoms with E-state index >= 15 is 0 Å². The lowest BCUT2D eigenvalue weighted by Gasteiger charge is -2.33. The van der Waals surface area contributed by atoms with Crippen molar-refractivity contribution < 1.29 is 4.39 Å². The summed E-state index contributed by atoms with van der Waals surface area (Å²) in [5.41, 5.74) is 1.16. The lowest BCUT2D eigenvalue weighted by molar-refractivity contribution is 0.198. The van der Waals surface area contributed by atoms with Gasteiger partial charge in [-0.2, -0.15) is 11.8 Å². The molecule has 0 bridgehead atoms. The van der Waals surface area contributed by atoms with Crippen LogP contribution in [0.1, 0.15) is 36.5 Å². The van der Waals surface area contributed by atoms with Crippen molar-refractivity contribution in [1.82, 2.24) is 30.3 Å². The van der Waals surface area contributed by atoms with E-state index in [1.807, 2.05) is 42.4 Å². The number of aromatic nitrogens is 3. The maximum atomic E-state index is 13.1. The molecule has 0 amide bonds. The first kappa shape index (κ1) is 23.5. The summed E-state index contributed by atoms with van der Waals surface area (Å²) in [5.74, 6) is 3.54. The number of benzene rings is 1. The molecule has 7 nitrogen and oxygen atoms in total. The number of guanidine groups is 1. The predicted molar refractivity (Wildman–Crippen MR) is 126 cm³/mol. The molecule has 3 rings (SSSR count). The minimum absolute atomic E-state index is 0.181. The molecular formula is C22H34FN7S. The lowest BCUT2D eigenvalue weighted by Crippen LogP contribution is -2.48. The summed E-state index contributed by atoms with van der Waals surface area (Å²) < 4.78 is 15.1. The number of rotatable bonds is 9. The molecule has 1 aliphatic rings. The van der Waals surface area contributed by atoms with Crippen molar-refractivity contribution in [3.05, 3.63) is 47.3 Å². The molecule has 0 unspecified atom stereocenters. The van der Waals surface area contributed by atoms with Gasteiger partial charge < -0.3 is 15.2 Å². The van der Waals surface area contributed by atoms with Gasteiger partial charge in [-0.15, -0.1) is 10.2 Å². The Morgan fingerprint density at radius 3 is 2.61 bits per heavy atom. The van der Waals surface area contributed by atoms with Crippen LogP contribution in [-0.2, 0) is 20.1 Å². The number of aliphatic imine (C=N–C) groups is 1. The molecule has 1 aromatic carbocycles. The number of likely N-dealkylation sites (tertiary alicyclic amines) is 1. The lowest BCUT2D eigenvalue weighted by atomic mass is 10.0. The molecule has 170 valence electrons. The highest BCUT2D eigenvalue weighted by atomic mass is 32.2. The molecule has 1 aromatic heterocycles. The van der Waals surface area contributed by atoms with E-state index in [0.717, 1.165) is 74.4 Å².